The molecular weight excluding hydrogens is 144 g/mol. The van der Waals surface area contributed by atoms with Gasteiger partial charge >= 0.3 is 5.97 Å². The minimum Gasteiger partial charge on any atom is -0.490 e. The van der Waals surface area contributed by atoms with Crippen LogP contribution in [-0.2, 0) is 14.3 Å². The van der Waals surface area contributed by atoms with Crippen molar-refractivity contribution in [3.63, 3.8) is 0 Å². The molecule has 0 N–H and O–H groups in total. The highest BCUT2D eigenvalue weighted by molar-refractivity contribution is 5.85. The van der Waals surface area contributed by atoms with Gasteiger partial charge in [-0.15, -0.1) is 0 Å². The van der Waals surface area contributed by atoms with Crippen molar-refractivity contribution in [1.82, 2.24) is 0 Å². The van der Waals surface area contributed by atoms with Gasteiger partial charge in [-0.25, -0.2) is 4.79 Å². The molecule has 0 bridgehead atoms. The summed E-state index contributed by atoms with van der Waals surface area (Å²) in [5, 5.41) is 0. The van der Waals surface area contributed by atoms with Crippen LogP contribution in [0.15, 0.2) is 11.8 Å². The predicted octanol–water partition coefficient (Wildman–Crippen LogP) is 1.49. The predicted molar refractivity (Wildman–Crippen MR) is 42.0 cm³/mol. The number of hydrogen-bond donors (Lipinski definition) is 0. The summed E-state index contributed by atoms with van der Waals surface area (Å²) in [6, 6.07) is 0. The summed E-state index contributed by atoms with van der Waals surface area (Å²) in [6.45, 7) is 2.03. The SMILES string of the molecule is CCCC=C(OC)C(=O)OC. The van der Waals surface area contributed by atoms with E-state index >= 15 is 0 Å². The maximum atomic E-state index is 10.8. The molecule has 64 valence electrons. The average molecular weight is 158 g/mol. The van der Waals surface area contributed by atoms with Crippen LogP contribution in [-0.4, -0.2) is 20.2 Å². The molecule has 0 aromatic carbocycles. The Kier molecular flexibility index (Phi) is 5.25. The molecule has 3 heteroatoms. The van der Waals surface area contributed by atoms with E-state index in [9.17, 15) is 4.79 Å². The van der Waals surface area contributed by atoms with Crippen LogP contribution in [0.3, 0.4) is 0 Å². The topological polar surface area (TPSA) is 35.5 Å². The Morgan fingerprint density at radius 3 is 2.36 bits per heavy atom. The molecule has 0 atom stereocenters. The summed E-state index contributed by atoms with van der Waals surface area (Å²) in [5.74, 6) is -0.129. The number of hydrogen-bond acceptors (Lipinski definition) is 3. The number of carbonyl (C=O) groups is 1. The van der Waals surface area contributed by atoms with Crippen molar-refractivity contribution in [2.45, 2.75) is 19.8 Å². The third kappa shape index (κ3) is 3.65. The molecule has 0 amide bonds. The van der Waals surface area contributed by atoms with Gasteiger partial charge in [-0.2, -0.15) is 0 Å². The second-order valence-electron chi connectivity index (χ2n) is 2.05. The highest BCUT2D eigenvalue weighted by Crippen LogP contribution is 2.01. The van der Waals surface area contributed by atoms with Crippen molar-refractivity contribution < 1.29 is 14.3 Å². The Morgan fingerprint density at radius 2 is 2.00 bits per heavy atom. The van der Waals surface area contributed by atoms with Gasteiger partial charge in [0.15, 0.2) is 5.76 Å². The van der Waals surface area contributed by atoms with Crippen LogP contribution >= 0.6 is 0 Å². The molecule has 0 spiro atoms. The first kappa shape index (κ1) is 10.0. The highest BCUT2D eigenvalue weighted by Gasteiger charge is 2.07. The van der Waals surface area contributed by atoms with Gasteiger partial charge in [0.25, 0.3) is 0 Å². The summed E-state index contributed by atoms with van der Waals surface area (Å²) in [6.07, 6.45) is 3.55. The van der Waals surface area contributed by atoms with E-state index in [1.807, 2.05) is 6.92 Å². The number of rotatable bonds is 4. The van der Waals surface area contributed by atoms with Gasteiger partial charge < -0.3 is 9.47 Å². The minimum atomic E-state index is -0.416. The highest BCUT2D eigenvalue weighted by atomic mass is 16.6. The zero-order valence-electron chi connectivity index (χ0n) is 7.22. The molecule has 0 saturated heterocycles. The van der Waals surface area contributed by atoms with E-state index in [1.165, 1.54) is 14.2 Å². The summed E-state index contributed by atoms with van der Waals surface area (Å²) in [4.78, 5) is 10.8. The third-order valence-corrected chi connectivity index (χ3v) is 1.22. The molecular formula is C8H14O3. The van der Waals surface area contributed by atoms with E-state index in [4.69, 9.17) is 4.74 Å². The number of ether oxygens (including phenoxy) is 2. The zero-order chi connectivity index (χ0) is 8.69. The van der Waals surface area contributed by atoms with E-state index in [0.717, 1.165) is 12.8 Å². The average Bonchev–Trinajstić information content (AvgIpc) is 2.05. The summed E-state index contributed by atoms with van der Waals surface area (Å²) < 4.78 is 9.26. The quantitative estimate of drug-likeness (QED) is 0.353. The molecule has 11 heavy (non-hydrogen) atoms. The summed E-state index contributed by atoms with van der Waals surface area (Å²) in [7, 11) is 2.79. The molecule has 0 saturated carbocycles. The number of methoxy groups -OCH3 is 2. The van der Waals surface area contributed by atoms with Gasteiger partial charge in [0, 0.05) is 0 Å². The lowest BCUT2D eigenvalue weighted by Crippen LogP contribution is -2.06. The third-order valence-electron chi connectivity index (χ3n) is 1.22. The maximum absolute atomic E-state index is 10.8. The van der Waals surface area contributed by atoms with Crippen LogP contribution in [0.2, 0.25) is 0 Å². The standard InChI is InChI=1S/C8H14O3/c1-4-5-6-7(10-2)8(9)11-3/h6H,4-5H2,1-3H3. The fraction of sp³-hybridized carbons (Fsp3) is 0.625. The smallest absolute Gasteiger partial charge is 0.372 e. The van der Waals surface area contributed by atoms with Crippen molar-refractivity contribution in [2.75, 3.05) is 14.2 Å². The van der Waals surface area contributed by atoms with E-state index in [-0.39, 0.29) is 5.76 Å². The Hall–Kier alpha value is -0.990. The van der Waals surface area contributed by atoms with Crippen molar-refractivity contribution >= 4 is 5.97 Å². The van der Waals surface area contributed by atoms with Crippen LogP contribution in [0, 0.1) is 0 Å². The molecule has 0 radical (unpaired) electrons. The van der Waals surface area contributed by atoms with Crippen LogP contribution in [0.4, 0.5) is 0 Å². The first-order valence-corrected chi connectivity index (χ1v) is 3.58. The number of carbonyl (C=O) groups excluding carboxylic acids is 1. The second-order valence-corrected chi connectivity index (χ2v) is 2.05. The fourth-order valence-corrected chi connectivity index (χ4v) is 0.626. The van der Waals surface area contributed by atoms with E-state index in [2.05, 4.69) is 4.74 Å². The van der Waals surface area contributed by atoms with Crippen molar-refractivity contribution in [3.8, 4) is 0 Å². The molecule has 0 rings (SSSR count). The Morgan fingerprint density at radius 1 is 1.36 bits per heavy atom. The largest absolute Gasteiger partial charge is 0.490 e. The monoisotopic (exact) mass is 158 g/mol. The molecule has 0 aliphatic heterocycles. The number of unbranched alkanes of at least 4 members (excludes halogenated alkanes) is 1. The molecule has 0 aromatic rings. The number of allylic oxidation sites excluding steroid dienone is 1. The molecule has 0 aliphatic rings. The van der Waals surface area contributed by atoms with Crippen LogP contribution in [0.25, 0.3) is 0 Å². The van der Waals surface area contributed by atoms with Gasteiger partial charge in [0.05, 0.1) is 14.2 Å². The van der Waals surface area contributed by atoms with Crippen LogP contribution < -0.4 is 0 Å². The van der Waals surface area contributed by atoms with Gasteiger partial charge in [-0.1, -0.05) is 13.3 Å². The first-order chi connectivity index (χ1) is 5.26. The first-order valence-electron chi connectivity index (χ1n) is 3.58. The van der Waals surface area contributed by atoms with Gasteiger partial charge in [-0.3, -0.25) is 0 Å². The lowest BCUT2D eigenvalue weighted by atomic mass is 10.3. The zero-order valence-corrected chi connectivity index (χ0v) is 7.22. The summed E-state index contributed by atoms with van der Waals surface area (Å²) in [5.41, 5.74) is 0. The fourth-order valence-electron chi connectivity index (χ4n) is 0.626. The molecule has 0 aromatic heterocycles. The molecule has 3 nitrogen and oxygen atoms in total. The minimum absolute atomic E-state index is 0.286. The van der Waals surface area contributed by atoms with Gasteiger partial charge in [0.2, 0.25) is 0 Å². The lowest BCUT2D eigenvalue weighted by molar-refractivity contribution is -0.139. The Bertz CT molecular complexity index is 149. The van der Waals surface area contributed by atoms with E-state index < -0.39 is 5.97 Å². The van der Waals surface area contributed by atoms with Crippen molar-refractivity contribution in [3.05, 3.63) is 11.8 Å². The van der Waals surface area contributed by atoms with Crippen LogP contribution in [0.1, 0.15) is 19.8 Å². The molecule has 0 aliphatic carbocycles. The molecule has 0 heterocycles. The maximum Gasteiger partial charge on any atom is 0.372 e. The van der Waals surface area contributed by atoms with E-state index in [1.54, 1.807) is 6.08 Å². The van der Waals surface area contributed by atoms with Crippen molar-refractivity contribution in [2.24, 2.45) is 0 Å². The lowest BCUT2D eigenvalue weighted by Gasteiger charge is -2.02. The second kappa shape index (κ2) is 5.77. The Balaban J connectivity index is 4.03. The Labute approximate surface area is 67.0 Å². The van der Waals surface area contributed by atoms with Gasteiger partial charge in [-0.05, 0) is 12.5 Å². The van der Waals surface area contributed by atoms with Gasteiger partial charge in [0.1, 0.15) is 0 Å². The van der Waals surface area contributed by atoms with Crippen LogP contribution in [0.5, 0.6) is 0 Å². The van der Waals surface area contributed by atoms with E-state index in [0.29, 0.717) is 0 Å². The molecule has 0 fully saturated rings. The summed E-state index contributed by atoms with van der Waals surface area (Å²) >= 11 is 0. The van der Waals surface area contributed by atoms with Crippen molar-refractivity contribution in [1.29, 1.82) is 0 Å². The molecule has 0 unspecified atom stereocenters. The number of esters is 1. The normalized spacial score (nSPS) is 11.0.